The van der Waals surface area contributed by atoms with Crippen molar-refractivity contribution in [1.29, 1.82) is 0 Å². The SMILES string of the molecule is COc1ccc(OC)c(NC(=O)CCCn2nc(-n3cccc3)c3c(C)cc(C)nc32)c1. The Bertz CT molecular complexity index is 1240. The van der Waals surface area contributed by atoms with Crippen LogP contribution in [0, 0.1) is 13.8 Å². The number of aromatic nitrogens is 4. The lowest BCUT2D eigenvalue weighted by molar-refractivity contribution is -0.116. The van der Waals surface area contributed by atoms with Crippen LogP contribution in [0.25, 0.3) is 16.9 Å². The number of benzene rings is 1. The zero-order chi connectivity index (χ0) is 22.7. The number of anilines is 1. The molecule has 0 saturated heterocycles. The van der Waals surface area contributed by atoms with Gasteiger partial charge < -0.3 is 19.4 Å². The maximum atomic E-state index is 12.6. The lowest BCUT2D eigenvalue weighted by Crippen LogP contribution is -2.13. The molecule has 3 aromatic heterocycles. The summed E-state index contributed by atoms with van der Waals surface area (Å²) in [6.07, 6.45) is 4.90. The molecule has 0 aliphatic heterocycles. The molecule has 0 aliphatic carbocycles. The van der Waals surface area contributed by atoms with E-state index in [0.29, 0.717) is 36.6 Å². The van der Waals surface area contributed by atoms with Gasteiger partial charge in [0.15, 0.2) is 11.5 Å². The highest BCUT2D eigenvalue weighted by Gasteiger charge is 2.16. The Morgan fingerprint density at radius 2 is 1.88 bits per heavy atom. The number of methoxy groups -OCH3 is 2. The lowest BCUT2D eigenvalue weighted by atomic mass is 10.2. The minimum Gasteiger partial charge on any atom is -0.497 e. The molecule has 1 amide bonds. The Morgan fingerprint density at radius 1 is 1.09 bits per heavy atom. The zero-order valence-electron chi connectivity index (χ0n) is 18.8. The molecule has 0 radical (unpaired) electrons. The highest BCUT2D eigenvalue weighted by atomic mass is 16.5. The van der Waals surface area contributed by atoms with Crippen LogP contribution in [-0.2, 0) is 11.3 Å². The molecule has 166 valence electrons. The van der Waals surface area contributed by atoms with Crippen molar-refractivity contribution in [3.05, 3.63) is 60.0 Å². The molecule has 0 bridgehead atoms. The predicted octanol–water partition coefficient (Wildman–Crippen LogP) is 4.27. The molecular weight excluding hydrogens is 406 g/mol. The summed E-state index contributed by atoms with van der Waals surface area (Å²) in [5, 5.41) is 8.75. The van der Waals surface area contributed by atoms with Crippen LogP contribution in [-0.4, -0.2) is 39.5 Å². The number of ether oxygens (including phenoxy) is 2. The standard InChI is InChI=1S/C24H27N5O3/c1-16-14-17(2)25-23-22(16)24(28-11-5-6-12-28)27-29(23)13-7-8-21(30)26-19-15-18(31-3)9-10-20(19)32-4/h5-6,9-12,14-15H,7-8,13H2,1-4H3,(H,26,30). The molecular formula is C24H27N5O3. The monoisotopic (exact) mass is 433 g/mol. The maximum Gasteiger partial charge on any atom is 0.224 e. The molecule has 0 aliphatic rings. The summed E-state index contributed by atoms with van der Waals surface area (Å²) in [4.78, 5) is 17.3. The van der Waals surface area contributed by atoms with Crippen molar-refractivity contribution in [3.63, 3.8) is 0 Å². The second kappa shape index (κ2) is 9.13. The number of hydrogen-bond acceptors (Lipinski definition) is 5. The molecule has 4 aromatic rings. The van der Waals surface area contributed by atoms with Gasteiger partial charge in [0, 0.05) is 37.1 Å². The average molecular weight is 434 g/mol. The Hall–Kier alpha value is -3.81. The van der Waals surface area contributed by atoms with Gasteiger partial charge in [-0.1, -0.05) is 0 Å². The number of carbonyl (C=O) groups is 1. The third-order valence-electron chi connectivity index (χ3n) is 5.31. The van der Waals surface area contributed by atoms with E-state index in [1.807, 2.05) is 40.7 Å². The number of pyridine rings is 1. The quantitative estimate of drug-likeness (QED) is 0.449. The first-order valence-electron chi connectivity index (χ1n) is 10.5. The van der Waals surface area contributed by atoms with Crippen LogP contribution in [0.1, 0.15) is 24.1 Å². The molecule has 0 unspecified atom stereocenters. The molecule has 1 aromatic carbocycles. The van der Waals surface area contributed by atoms with Gasteiger partial charge in [-0.05, 0) is 56.2 Å². The third kappa shape index (κ3) is 4.30. The molecule has 8 nitrogen and oxygen atoms in total. The van der Waals surface area contributed by atoms with Crippen LogP contribution in [0.5, 0.6) is 11.5 Å². The fraction of sp³-hybridized carbons (Fsp3) is 0.292. The van der Waals surface area contributed by atoms with Gasteiger partial charge in [0.05, 0.1) is 25.3 Å². The van der Waals surface area contributed by atoms with Crippen molar-refractivity contribution in [1.82, 2.24) is 19.3 Å². The Balaban J connectivity index is 1.50. The first-order chi connectivity index (χ1) is 15.5. The summed E-state index contributed by atoms with van der Waals surface area (Å²) >= 11 is 0. The van der Waals surface area contributed by atoms with Crippen molar-refractivity contribution in [2.45, 2.75) is 33.2 Å². The summed E-state index contributed by atoms with van der Waals surface area (Å²) in [6, 6.07) is 11.3. The molecule has 0 saturated carbocycles. The Labute approximate surface area is 186 Å². The van der Waals surface area contributed by atoms with Gasteiger partial charge in [0.2, 0.25) is 5.91 Å². The first kappa shape index (κ1) is 21.4. The normalized spacial score (nSPS) is 11.0. The summed E-state index contributed by atoms with van der Waals surface area (Å²) in [5.74, 6) is 1.99. The average Bonchev–Trinajstić information content (AvgIpc) is 3.42. The van der Waals surface area contributed by atoms with E-state index in [4.69, 9.17) is 19.6 Å². The van der Waals surface area contributed by atoms with Crippen LogP contribution in [0.15, 0.2) is 48.8 Å². The lowest BCUT2D eigenvalue weighted by Gasteiger charge is -2.12. The van der Waals surface area contributed by atoms with Crippen molar-refractivity contribution >= 4 is 22.6 Å². The van der Waals surface area contributed by atoms with Crippen LogP contribution in [0.2, 0.25) is 0 Å². The minimum absolute atomic E-state index is 0.0982. The van der Waals surface area contributed by atoms with E-state index in [2.05, 4.69) is 18.3 Å². The third-order valence-corrected chi connectivity index (χ3v) is 5.31. The van der Waals surface area contributed by atoms with Crippen molar-refractivity contribution in [2.24, 2.45) is 0 Å². The van der Waals surface area contributed by atoms with Crippen molar-refractivity contribution in [3.8, 4) is 17.3 Å². The zero-order valence-corrected chi connectivity index (χ0v) is 18.8. The van der Waals surface area contributed by atoms with E-state index < -0.39 is 0 Å². The summed E-state index contributed by atoms with van der Waals surface area (Å²) in [5.41, 5.74) is 3.49. The maximum absolute atomic E-state index is 12.6. The highest BCUT2D eigenvalue weighted by Crippen LogP contribution is 2.29. The van der Waals surface area contributed by atoms with Crippen LogP contribution < -0.4 is 14.8 Å². The number of aryl methyl sites for hydroxylation is 3. The van der Waals surface area contributed by atoms with E-state index in [0.717, 1.165) is 28.1 Å². The number of fused-ring (bicyclic) bond motifs is 1. The Kier molecular flexibility index (Phi) is 6.11. The van der Waals surface area contributed by atoms with Crippen LogP contribution in [0.3, 0.4) is 0 Å². The number of nitrogens with one attached hydrogen (secondary N) is 1. The van der Waals surface area contributed by atoms with Gasteiger partial charge in [-0.3, -0.25) is 4.79 Å². The van der Waals surface area contributed by atoms with Gasteiger partial charge >= 0.3 is 0 Å². The molecule has 0 spiro atoms. The largest absolute Gasteiger partial charge is 0.497 e. The number of amides is 1. The number of carbonyl (C=O) groups excluding carboxylic acids is 1. The number of rotatable bonds is 8. The summed E-state index contributed by atoms with van der Waals surface area (Å²) in [6.45, 7) is 4.63. The smallest absolute Gasteiger partial charge is 0.224 e. The molecule has 3 heterocycles. The summed E-state index contributed by atoms with van der Waals surface area (Å²) in [7, 11) is 3.15. The van der Waals surface area contributed by atoms with Crippen LogP contribution >= 0.6 is 0 Å². The first-order valence-corrected chi connectivity index (χ1v) is 10.5. The molecule has 0 fully saturated rings. The molecule has 32 heavy (non-hydrogen) atoms. The summed E-state index contributed by atoms with van der Waals surface area (Å²) < 4.78 is 14.5. The minimum atomic E-state index is -0.0982. The molecule has 0 atom stereocenters. The van der Waals surface area contributed by atoms with Crippen molar-refractivity contribution in [2.75, 3.05) is 19.5 Å². The Morgan fingerprint density at radius 3 is 2.59 bits per heavy atom. The van der Waals surface area contributed by atoms with Gasteiger partial charge in [-0.2, -0.15) is 5.10 Å². The molecule has 4 rings (SSSR count). The van der Waals surface area contributed by atoms with E-state index in [1.165, 1.54) is 0 Å². The van der Waals surface area contributed by atoms with Gasteiger partial charge in [0.25, 0.3) is 0 Å². The topological polar surface area (TPSA) is 83.2 Å². The predicted molar refractivity (Wildman–Crippen MR) is 124 cm³/mol. The molecule has 8 heteroatoms. The highest BCUT2D eigenvalue weighted by molar-refractivity contribution is 5.92. The fourth-order valence-corrected chi connectivity index (χ4v) is 3.82. The van der Waals surface area contributed by atoms with Gasteiger partial charge in [0.1, 0.15) is 11.5 Å². The molecule has 1 N–H and O–H groups in total. The van der Waals surface area contributed by atoms with E-state index in [-0.39, 0.29) is 5.91 Å². The van der Waals surface area contributed by atoms with E-state index in [1.54, 1.807) is 32.4 Å². The second-order valence-corrected chi connectivity index (χ2v) is 7.63. The van der Waals surface area contributed by atoms with Crippen LogP contribution in [0.4, 0.5) is 5.69 Å². The van der Waals surface area contributed by atoms with Crippen molar-refractivity contribution < 1.29 is 14.3 Å². The number of hydrogen-bond donors (Lipinski definition) is 1. The fourth-order valence-electron chi connectivity index (χ4n) is 3.82. The van der Waals surface area contributed by atoms with Gasteiger partial charge in [-0.15, -0.1) is 0 Å². The van der Waals surface area contributed by atoms with E-state index in [9.17, 15) is 4.79 Å². The number of nitrogens with zero attached hydrogens (tertiary/aromatic N) is 4. The second-order valence-electron chi connectivity index (χ2n) is 7.63. The van der Waals surface area contributed by atoms with E-state index >= 15 is 0 Å². The van der Waals surface area contributed by atoms with Gasteiger partial charge in [-0.25, -0.2) is 9.67 Å².